The molecule has 0 saturated heterocycles. The maximum atomic E-state index is 12.8. The van der Waals surface area contributed by atoms with Gasteiger partial charge in [-0.3, -0.25) is 24.6 Å². The highest BCUT2D eigenvalue weighted by molar-refractivity contribution is 6.23. The van der Waals surface area contributed by atoms with Crippen LogP contribution in [-0.4, -0.2) is 34.7 Å². The number of carbonyl (C=O) groups is 4. The fraction of sp³-hybridized carbons (Fsp3) is 0.273. The third-order valence-electron chi connectivity index (χ3n) is 4.67. The van der Waals surface area contributed by atoms with E-state index < -0.39 is 29.8 Å². The number of nitrogens with zero attached hydrogens (tertiary/aromatic N) is 1. The van der Waals surface area contributed by atoms with E-state index in [-0.39, 0.29) is 30.0 Å². The van der Waals surface area contributed by atoms with Crippen molar-refractivity contribution in [3.63, 3.8) is 0 Å². The van der Waals surface area contributed by atoms with Gasteiger partial charge in [0, 0.05) is 6.54 Å². The van der Waals surface area contributed by atoms with Gasteiger partial charge in [-0.2, -0.15) is 0 Å². The molecule has 2 aromatic rings. The van der Waals surface area contributed by atoms with E-state index in [4.69, 9.17) is 0 Å². The Morgan fingerprint density at radius 2 is 1.45 bits per heavy atom. The van der Waals surface area contributed by atoms with Gasteiger partial charge < -0.3 is 5.32 Å². The smallest absolute Gasteiger partial charge is 0.321 e. The number of rotatable bonds is 6. The van der Waals surface area contributed by atoms with Gasteiger partial charge in [-0.25, -0.2) is 4.79 Å². The molecule has 7 nitrogen and oxygen atoms in total. The first-order chi connectivity index (χ1) is 13.9. The molecule has 3 rings (SSSR count). The molecule has 150 valence electrons. The largest absolute Gasteiger partial charge is 0.334 e. The number of hydrogen-bond acceptors (Lipinski definition) is 4. The Morgan fingerprint density at radius 1 is 0.897 bits per heavy atom. The number of urea groups is 1. The number of nitrogens with one attached hydrogen (secondary N) is 2. The van der Waals surface area contributed by atoms with E-state index in [1.54, 1.807) is 24.3 Å². The van der Waals surface area contributed by atoms with Crippen molar-refractivity contribution in [2.45, 2.75) is 32.9 Å². The maximum absolute atomic E-state index is 12.8. The van der Waals surface area contributed by atoms with Gasteiger partial charge in [-0.15, -0.1) is 0 Å². The second-order valence-corrected chi connectivity index (χ2v) is 7.33. The Morgan fingerprint density at radius 3 is 2.00 bits per heavy atom. The lowest BCUT2D eigenvalue weighted by molar-refractivity contribution is -0.124. The van der Waals surface area contributed by atoms with Crippen LogP contribution in [0.25, 0.3) is 0 Å². The zero-order chi connectivity index (χ0) is 21.0. The molecule has 5 amide bonds. The van der Waals surface area contributed by atoms with Crippen molar-refractivity contribution in [1.82, 2.24) is 15.5 Å². The Labute approximate surface area is 169 Å². The standard InChI is InChI=1S/C22H23N3O4/c1-14(2)12-18(25-20(27)16-10-6-7-11-17(16)21(25)28)19(26)24-22(29)23-13-15-8-4-3-5-9-15/h3-11,14,18H,12-13H2,1-2H3,(H2,23,24,26,29)/t18-/m1/s1. The molecule has 0 aliphatic carbocycles. The van der Waals surface area contributed by atoms with Gasteiger partial charge in [0.1, 0.15) is 6.04 Å². The number of carbonyl (C=O) groups excluding carboxylic acids is 4. The minimum Gasteiger partial charge on any atom is -0.334 e. The van der Waals surface area contributed by atoms with Crippen molar-refractivity contribution >= 4 is 23.8 Å². The first-order valence-corrected chi connectivity index (χ1v) is 9.48. The van der Waals surface area contributed by atoms with E-state index in [2.05, 4.69) is 10.6 Å². The van der Waals surface area contributed by atoms with E-state index >= 15 is 0 Å². The topological polar surface area (TPSA) is 95.6 Å². The van der Waals surface area contributed by atoms with Crippen LogP contribution in [0.2, 0.25) is 0 Å². The molecule has 0 unspecified atom stereocenters. The SMILES string of the molecule is CC(C)C[C@H](C(=O)NC(=O)NCc1ccccc1)N1C(=O)c2ccccc2C1=O. The summed E-state index contributed by atoms with van der Waals surface area (Å²) >= 11 is 0. The summed E-state index contributed by atoms with van der Waals surface area (Å²) in [6.07, 6.45) is 0.253. The quantitative estimate of drug-likeness (QED) is 0.738. The van der Waals surface area contributed by atoms with Gasteiger partial charge in [-0.05, 0) is 30.0 Å². The van der Waals surface area contributed by atoms with Crippen LogP contribution in [0.1, 0.15) is 46.5 Å². The first kappa shape index (κ1) is 20.3. The number of fused-ring (bicyclic) bond motifs is 1. The van der Waals surface area contributed by atoms with Gasteiger partial charge in [0.2, 0.25) is 0 Å². The molecule has 1 atom stereocenters. The fourth-order valence-electron chi connectivity index (χ4n) is 3.28. The molecule has 0 radical (unpaired) electrons. The van der Waals surface area contributed by atoms with Gasteiger partial charge in [0.25, 0.3) is 17.7 Å². The minimum atomic E-state index is -1.06. The summed E-state index contributed by atoms with van der Waals surface area (Å²) in [5.74, 6) is -1.69. The van der Waals surface area contributed by atoms with Crippen molar-refractivity contribution in [3.8, 4) is 0 Å². The van der Waals surface area contributed by atoms with Crippen molar-refractivity contribution in [2.24, 2.45) is 5.92 Å². The molecule has 2 aromatic carbocycles. The molecule has 2 N–H and O–H groups in total. The van der Waals surface area contributed by atoms with Gasteiger partial charge in [0.05, 0.1) is 11.1 Å². The fourth-order valence-corrected chi connectivity index (χ4v) is 3.28. The highest BCUT2D eigenvalue weighted by Crippen LogP contribution is 2.26. The Kier molecular flexibility index (Phi) is 6.07. The molecule has 0 spiro atoms. The first-order valence-electron chi connectivity index (χ1n) is 9.48. The van der Waals surface area contributed by atoms with Crippen LogP contribution in [0.15, 0.2) is 54.6 Å². The predicted octanol–water partition coefficient (Wildman–Crippen LogP) is 2.72. The summed E-state index contributed by atoms with van der Waals surface area (Å²) in [5.41, 5.74) is 1.43. The Bertz CT molecular complexity index is 905. The summed E-state index contributed by atoms with van der Waals surface area (Å²) in [6.45, 7) is 4.02. The number of hydrogen-bond donors (Lipinski definition) is 2. The Hall–Kier alpha value is -3.48. The van der Waals surface area contributed by atoms with E-state index in [0.29, 0.717) is 0 Å². The van der Waals surface area contributed by atoms with Crippen LogP contribution in [-0.2, 0) is 11.3 Å². The summed E-state index contributed by atoms with van der Waals surface area (Å²) in [6, 6.07) is 14.0. The molecule has 1 heterocycles. The lowest BCUT2D eigenvalue weighted by Gasteiger charge is -2.26. The van der Waals surface area contributed by atoms with E-state index in [0.717, 1.165) is 10.5 Å². The second-order valence-electron chi connectivity index (χ2n) is 7.33. The van der Waals surface area contributed by atoms with Crippen LogP contribution < -0.4 is 10.6 Å². The van der Waals surface area contributed by atoms with Gasteiger partial charge >= 0.3 is 6.03 Å². The third kappa shape index (κ3) is 4.51. The summed E-state index contributed by atoms with van der Waals surface area (Å²) < 4.78 is 0. The van der Waals surface area contributed by atoms with Crippen LogP contribution in [0, 0.1) is 5.92 Å². The molecule has 0 saturated carbocycles. The molecule has 0 aromatic heterocycles. The molecule has 1 aliphatic heterocycles. The lowest BCUT2D eigenvalue weighted by atomic mass is 10.0. The van der Waals surface area contributed by atoms with Crippen molar-refractivity contribution in [2.75, 3.05) is 0 Å². The van der Waals surface area contributed by atoms with Gasteiger partial charge in [-0.1, -0.05) is 56.3 Å². The molecular formula is C22H23N3O4. The molecule has 29 heavy (non-hydrogen) atoms. The van der Waals surface area contributed by atoms with E-state index in [1.807, 2.05) is 44.2 Å². The summed E-state index contributed by atoms with van der Waals surface area (Å²) in [5, 5.41) is 4.87. The zero-order valence-corrected chi connectivity index (χ0v) is 16.3. The average molecular weight is 393 g/mol. The minimum absolute atomic E-state index is 0.0300. The molecule has 7 heteroatoms. The summed E-state index contributed by atoms with van der Waals surface area (Å²) in [4.78, 5) is 51.5. The zero-order valence-electron chi connectivity index (χ0n) is 16.3. The highest BCUT2D eigenvalue weighted by Gasteiger charge is 2.43. The van der Waals surface area contributed by atoms with Crippen molar-refractivity contribution < 1.29 is 19.2 Å². The molecular weight excluding hydrogens is 370 g/mol. The molecule has 1 aliphatic rings. The van der Waals surface area contributed by atoms with E-state index in [1.165, 1.54) is 0 Å². The van der Waals surface area contributed by atoms with Crippen LogP contribution in [0.5, 0.6) is 0 Å². The third-order valence-corrected chi connectivity index (χ3v) is 4.67. The normalized spacial score (nSPS) is 14.0. The lowest BCUT2D eigenvalue weighted by Crippen LogP contribution is -2.53. The average Bonchev–Trinajstić information content (AvgIpc) is 2.96. The van der Waals surface area contributed by atoms with Crippen LogP contribution >= 0.6 is 0 Å². The number of benzene rings is 2. The highest BCUT2D eigenvalue weighted by atomic mass is 16.2. The van der Waals surface area contributed by atoms with Gasteiger partial charge in [0.15, 0.2) is 0 Å². The summed E-state index contributed by atoms with van der Waals surface area (Å²) in [7, 11) is 0. The van der Waals surface area contributed by atoms with Crippen LogP contribution in [0.4, 0.5) is 4.79 Å². The predicted molar refractivity (Wildman–Crippen MR) is 107 cm³/mol. The Balaban J connectivity index is 1.72. The maximum Gasteiger partial charge on any atom is 0.321 e. The monoisotopic (exact) mass is 393 g/mol. The van der Waals surface area contributed by atoms with Crippen LogP contribution in [0.3, 0.4) is 0 Å². The number of amides is 5. The number of imide groups is 2. The molecule has 0 bridgehead atoms. The van der Waals surface area contributed by atoms with Crippen molar-refractivity contribution in [3.05, 3.63) is 71.3 Å². The van der Waals surface area contributed by atoms with Crippen molar-refractivity contribution in [1.29, 1.82) is 0 Å². The van der Waals surface area contributed by atoms with E-state index in [9.17, 15) is 19.2 Å². The second kappa shape index (κ2) is 8.68. The molecule has 0 fully saturated rings.